The summed E-state index contributed by atoms with van der Waals surface area (Å²) < 4.78 is 32.7. The van der Waals surface area contributed by atoms with Gasteiger partial charge in [-0.05, 0) is 38.0 Å². The highest BCUT2D eigenvalue weighted by Gasteiger charge is 2.26. The second-order valence-corrected chi connectivity index (χ2v) is 8.41. The highest BCUT2D eigenvalue weighted by molar-refractivity contribution is 7.89. The summed E-state index contributed by atoms with van der Waals surface area (Å²) in [5.41, 5.74) is 1.79. The summed E-state index contributed by atoms with van der Waals surface area (Å²) in [4.78, 5) is 12.5. The molecule has 0 saturated carbocycles. The fraction of sp³-hybridized carbons (Fsp3) is 0.381. The Kier molecular flexibility index (Phi) is 8.63. The van der Waals surface area contributed by atoms with Gasteiger partial charge < -0.3 is 10.1 Å². The van der Waals surface area contributed by atoms with E-state index in [0.717, 1.165) is 11.1 Å². The van der Waals surface area contributed by atoms with Crippen LogP contribution in [0.2, 0.25) is 0 Å². The number of benzene rings is 2. The van der Waals surface area contributed by atoms with Crippen LogP contribution in [-0.2, 0) is 26.1 Å². The Labute approximate surface area is 167 Å². The third-order valence-electron chi connectivity index (χ3n) is 4.17. The van der Waals surface area contributed by atoms with Gasteiger partial charge in [0.15, 0.2) is 0 Å². The summed E-state index contributed by atoms with van der Waals surface area (Å²) in [7, 11) is -3.80. The molecule has 0 radical (unpaired) electrons. The number of nitrogens with zero attached hydrogens (tertiary/aromatic N) is 1. The van der Waals surface area contributed by atoms with Gasteiger partial charge in [-0.25, -0.2) is 8.42 Å². The lowest BCUT2D eigenvalue weighted by Crippen LogP contribution is -2.40. The molecule has 6 nitrogen and oxygen atoms in total. The molecule has 1 N–H and O–H groups in total. The molecule has 0 aliphatic heterocycles. The SMILES string of the molecule is CCOCCCNC(=O)CN(Cc1ccccc1)S(=O)(=O)c1ccc(C)cc1. The second-order valence-electron chi connectivity index (χ2n) is 6.47. The maximum atomic E-state index is 13.1. The largest absolute Gasteiger partial charge is 0.382 e. The first-order valence-corrected chi connectivity index (χ1v) is 10.8. The van der Waals surface area contributed by atoms with Crippen molar-refractivity contribution in [2.75, 3.05) is 26.3 Å². The van der Waals surface area contributed by atoms with Crippen LogP contribution in [0.1, 0.15) is 24.5 Å². The van der Waals surface area contributed by atoms with Crippen molar-refractivity contribution in [3.63, 3.8) is 0 Å². The lowest BCUT2D eigenvalue weighted by atomic mass is 10.2. The van der Waals surface area contributed by atoms with Crippen LogP contribution in [0.25, 0.3) is 0 Å². The van der Waals surface area contributed by atoms with Crippen molar-refractivity contribution >= 4 is 15.9 Å². The Morgan fingerprint density at radius 3 is 2.39 bits per heavy atom. The quantitative estimate of drug-likeness (QED) is 0.585. The van der Waals surface area contributed by atoms with Crippen molar-refractivity contribution in [2.45, 2.75) is 31.7 Å². The highest BCUT2D eigenvalue weighted by Crippen LogP contribution is 2.19. The molecule has 0 fully saturated rings. The Morgan fingerprint density at radius 2 is 1.75 bits per heavy atom. The van der Waals surface area contributed by atoms with Crippen LogP contribution in [0.15, 0.2) is 59.5 Å². The summed E-state index contributed by atoms with van der Waals surface area (Å²) in [6, 6.07) is 15.9. The van der Waals surface area contributed by atoms with Gasteiger partial charge >= 0.3 is 0 Å². The molecule has 0 aliphatic carbocycles. The van der Waals surface area contributed by atoms with E-state index >= 15 is 0 Å². The number of amides is 1. The molecule has 0 bridgehead atoms. The van der Waals surface area contributed by atoms with Crippen LogP contribution < -0.4 is 5.32 Å². The van der Waals surface area contributed by atoms with Crippen molar-refractivity contribution in [3.8, 4) is 0 Å². The molecular formula is C21H28N2O4S. The molecule has 0 aromatic heterocycles. The number of ether oxygens (including phenoxy) is 1. The Bertz CT molecular complexity index is 836. The topological polar surface area (TPSA) is 75.7 Å². The van der Waals surface area contributed by atoms with E-state index in [1.54, 1.807) is 24.3 Å². The molecule has 0 aliphatic rings. The van der Waals surface area contributed by atoms with Crippen LogP contribution in [0.5, 0.6) is 0 Å². The minimum absolute atomic E-state index is 0.128. The minimum atomic E-state index is -3.80. The lowest BCUT2D eigenvalue weighted by Gasteiger charge is -2.22. The standard InChI is InChI=1S/C21H28N2O4S/c1-3-27-15-7-14-22-21(24)17-23(16-19-8-5-4-6-9-19)28(25,26)20-12-10-18(2)11-13-20/h4-6,8-13H,3,7,14-17H2,1-2H3,(H,22,24). The zero-order valence-corrected chi connectivity index (χ0v) is 17.2. The second kappa shape index (κ2) is 10.9. The molecule has 0 unspecified atom stereocenters. The van der Waals surface area contributed by atoms with E-state index in [4.69, 9.17) is 4.74 Å². The van der Waals surface area contributed by atoms with Gasteiger partial charge in [-0.1, -0.05) is 48.0 Å². The van der Waals surface area contributed by atoms with Crippen molar-refractivity contribution in [2.24, 2.45) is 0 Å². The molecular weight excluding hydrogens is 376 g/mol. The summed E-state index contributed by atoms with van der Waals surface area (Å²) >= 11 is 0. The molecule has 0 heterocycles. The van der Waals surface area contributed by atoms with Crippen LogP contribution in [0.4, 0.5) is 0 Å². The fourth-order valence-electron chi connectivity index (χ4n) is 2.63. The lowest BCUT2D eigenvalue weighted by molar-refractivity contribution is -0.121. The molecule has 7 heteroatoms. The third kappa shape index (κ3) is 6.74. The number of rotatable bonds is 11. The normalized spacial score (nSPS) is 11.5. The molecule has 1 amide bonds. The van der Waals surface area contributed by atoms with Crippen LogP contribution in [0.3, 0.4) is 0 Å². The zero-order chi connectivity index (χ0) is 20.4. The van der Waals surface area contributed by atoms with E-state index in [1.165, 1.54) is 4.31 Å². The molecule has 0 spiro atoms. The van der Waals surface area contributed by atoms with Crippen molar-refractivity contribution in [1.82, 2.24) is 9.62 Å². The third-order valence-corrected chi connectivity index (χ3v) is 5.98. The smallest absolute Gasteiger partial charge is 0.243 e. The average Bonchev–Trinajstić information content (AvgIpc) is 2.68. The monoisotopic (exact) mass is 404 g/mol. The molecule has 2 rings (SSSR count). The van der Waals surface area contributed by atoms with Gasteiger partial charge in [0.1, 0.15) is 0 Å². The fourth-order valence-corrected chi connectivity index (χ4v) is 4.02. The van der Waals surface area contributed by atoms with Gasteiger partial charge in [-0.2, -0.15) is 4.31 Å². The minimum Gasteiger partial charge on any atom is -0.382 e. The predicted octanol–water partition coefficient (Wildman–Crippen LogP) is 2.73. The van der Waals surface area contributed by atoms with Gasteiger partial charge in [-0.15, -0.1) is 0 Å². The van der Waals surface area contributed by atoms with Crippen LogP contribution in [-0.4, -0.2) is 44.9 Å². The summed E-state index contributed by atoms with van der Waals surface area (Å²) in [6.45, 7) is 5.34. The first-order valence-electron chi connectivity index (χ1n) is 9.38. The number of carbonyl (C=O) groups is 1. The first kappa shape index (κ1) is 22.1. The number of hydrogen-bond donors (Lipinski definition) is 1. The van der Waals surface area contributed by atoms with Crippen molar-refractivity contribution in [3.05, 3.63) is 65.7 Å². The summed E-state index contributed by atoms with van der Waals surface area (Å²) in [5, 5.41) is 2.77. The number of hydrogen-bond acceptors (Lipinski definition) is 4. The van der Waals surface area contributed by atoms with Gasteiger partial charge in [0.2, 0.25) is 15.9 Å². The van der Waals surface area contributed by atoms with Crippen LogP contribution in [0, 0.1) is 6.92 Å². The molecule has 152 valence electrons. The van der Waals surface area contributed by atoms with Crippen molar-refractivity contribution in [1.29, 1.82) is 0 Å². The summed E-state index contributed by atoms with van der Waals surface area (Å²) in [5.74, 6) is -0.330. The maximum absolute atomic E-state index is 13.1. The predicted molar refractivity (Wildman–Crippen MR) is 109 cm³/mol. The zero-order valence-electron chi connectivity index (χ0n) is 16.4. The van der Waals surface area contributed by atoms with E-state index in [2.05, 4.69) is 5.32 Å². The highest BCUT2D eigenvalue weighted by atomic mass is 32.2. The Morgan fingerprint density at radius 1 is 1.07 bits per heavy atom. The molecule has 0 atom stereocenters. The van der Waals surface area contributed by atoms with Gasteiger partial charge in [-0.3, -0.25) is 4.79 Å². The number of carbonyl (C=O) groups excluding carboxylic acids is 1. The van der Waals surface area contributed by atoms with Crippen molar-refractivity contribution < 1.29 is 17.9 Å². The van der Waals surface area contributed by atoms with E-state index < -0.39 is 10.0 Å². The van der Waals surface area contributed by atoms with E-state index in [1.807, 2.05) is 44.2 Å². The molecule has 0 saturated heterocycles. The van der Waals surface area contributed by atoms with E-state index in [-0.39, 0.29) is 23.9 Å². The average molecular weight is 405 g/mol. The first-order chi connectivity index (χ1) is 13.4. The van der Waals surface area contributed by atoms with Gasteiger partial charge in [0.25, 0.3) is 0 Å². The van der Waals surface area contributed by atoms with E-state index in [0.29, 0.717) is 26.2 Å². The van der Waals surface area contributed by atoms with Gasteiger partial charge in [0, 0.05) is 26.3 Å². The molecule has 2 aromatic carbocycles. The van der Waals surface area contributed by atoms with Crippen LogP contribution >= 0.6 is 0 Å². The van der Waals surface area contributed by atoms with E-state index in [9.17, 15) is 13.2 Å². The maximum Gasteiger partial charge on any atom is 0.243 e. The number of nitrogens with one attached hydrogen (secondary N) is 1. The number of aryl methyl sites for hydroxylation is 1. The Balaban J connectivity index is 2.12. The summed E-state index contributed by atoms with van der Waals surface area (Å²) in [6.07, 6.45) is 0.684. The Hall–Kier alpha value is -2.22. The molecule has 28 heavy (non-hydrogen) atoms. The van der Waals surface area contributed by atoms with Gasteiger partial charge in [0.05, 0.1) is 11.4 Å². The number of sulfonamides is 1. The molecule has 2 aromatic rings.